The molecule has 3 aromatic carbocycles. The maximum atomic E-state index is 12.8. The second-order valence-electron chi connectivity index (χ2n) is 11.9. The molecule has 0 radical (unpaired) electrons. The van der Waals surface area contributed by atoms with Crippen LogP contribution in [0.25, 0.3) is 17.1 Å². The fraction of sp³-hybridized carbons (Fsp3) is 0.371. The zero-order chi connectivity index (χ0) is 33.6. The molecule has 1 aromatic heterocycles. The van der Waals surface area contributed by atoms with Crippen molar-refractivity contribution in [2.24, 2.45) is 4.99 Å². The maximum absolute atomic E-state index is 12.8. The standard InChI is InChI=1S/C35H39F3N6O2S/c1-23(2)31-25(4)8-5-10-30(31)43-20-7-21-47-34(43)41-33(45)39-19-6-9-24(3)26-11-13-27(14-12-26)32-40-22-44(42-32)28-15-17-29(18-16-28)46-35(36,37)38/h5,8,10-18,22-24H,6-7,9,19-21H2,1-4H3,(H,39,45)/b41-34-. The number of aliphatic imine (C=N–C) groups is 1. The van der Waals surface area contributed by atoms with Crippen LogP contribution in [0.1, 0.15) is 68.6 Å². The molecule has 12 heteroatoms. The average Bonchev–Trinajstić information content (AvgIpc) is 3.53. The van der Waals surface area contributed by atoms with Crippen LogP contribution < -0.4 is 15.0 Å². The van der Waals surface area contributed by atoms with Gasteiger partial charge in [-0.05, 0) is 85.0 Å². The molecule has 1 fully saturated rings. The number of hydrogen-bond acceptors (Lipinski definition) is 5. The Morgan fingerprint density at radius 3 is 2.51 bits per heavy atom. The van der Waals surface area contributed by atoms with E-state index in [0.717, 1.165) is 53.5 Å². The van der Waals surface area contributed by atoms with Crippen LogP contribution in [0.3, 0.4) is 0 Å². The van der Waals surface area contributed by atoms with Crippen molar-refractivity contribution in [2.75, 3.05) is 23.7 Å². The van der Waals surface area contributed by atoms with Crippen molar-refractivity contribution in [3.63, 3.8) is 0 Å². The van der Waals surface area contributed by atoms with Crippen LogP contribution in [0.15, 0.2) is 78.0 Å². The fourth-order valence-corrected chi connectivity index (χ4v) is 6.65. The number of nitrogens with zero attached hydrogens (tertiary/aromatic N) is 5. The van der Waals surface area contributed by atoms with Crippen molar-refractivity contribution in [3.05, 3.63) is 89.7 Å². The number of nitrogens with one attached hydrogen (secondary N) is 1. The number of amides is 2. The van der Waals surface area contributed by atoms with Crippen LogP contribution in [-0.2, 0) is 0 Å². The number of aromatic nitrogens is 3. The van der Waals surface area contributed by atoms with E-state index in [4.69, 9.17) is 0 Å². The van der Waals surface area contributed by atoms with Crippen LogP contribution in [0.2, 0.25) is 0 Å². The number of benzene rings is 3. The number of urea groups is 1. The summed E-state index contributed by atoms with van der Waals surface area (Å²) in [5.41, 5.74) is 6.22. The van der Waals surface area contributed by atoms with Crippen LogP contribution in [0.5, 0.6) is 5.75 Å². The quantitative estimate of drug-likeness (QED) is 0.171. The van der Waals surface area contributed by atoms with Gasteiger partial charge in [-0.3, -0.25) is 0 Å². The van der Waals surface area contributed by atoms with E-state index in [1.165, 1.54) is 46.4 Å². The lowest BCUT2D eigenvalue weighted by Crippen LogP contribution is -2.36. The summed E-state index contributed by atoms with van der Waals surface area (Å²) in [5.74, 6) is 1.78. The maximum Gasteiger partial charge on any atom is 0.573 e. The number of hydrogen-bond donors (Lipinski definition) is 1. The predicted molar refractivity (Wildman–Crippen MR) is 182 cm³/mol. The molecule has 1 atom stereocenters. The molecule has 8 nitrogen and oxygen atoms in total. The van der Waals surface area contributed by atoms with Gasteiger partial charge >= 0.3 is 12.4 Å². The highest BCUT2D eigenvalue weighted by atomic mass is 32.2. The molecule has 4 aromatic rings. The van der Waals surface area contributed by atoms with E-state index in [0.29, 0.717) is 24.0 Å². The molecule has 1 aliphatic heterocycles. The average molecular weight is 665 g/mol. The Hall–Kier alpha value is -4.32. The van der Waals surface area contributed by atoms with Gasteiger partial charge in [0, 0.05) is 30.1 Å². The number of alkyl halides is 3. The van der Waals surface area contributed by atoms with Crippen molar-refractivity contribution < 1.29 is 22.7 Å². The molecule has 0 bridgehead atoms. The van der Waals surface area contributed by atoms with Crippen molar-refractivity contribution in [1.29, 1.82) is 0 Å². The minimum absolute atomic E-state index is 0.274. The molecule has 2 amide bonds. The molecule has 1 saturated heterocycles. The lowest BCUT2D eigenvalue weighted by Gasteiger charge is -2.32. The SMILES string of the molecule is Cc1cccc(N2CCCS/C2=N\C(=O)NCCCC(C)c2ccc(-c3ncn(-c4ccc(OC(F)(F)F)cc4)n3)cc2)c1C(C)C. The zero-order valence-electron chi connectivity index (χ0n) is 26.9. The highest BCUT2D eigenvalue weighted by molar-refractivity contribution is 8.14. The molecule has 0 aliphatic carbocycles. The van der Waals surface area contributed by atoms with Gasteiger partial charge in [0.25, 0.3) is 0 Å². The number of aryl methyl sites for hydroxylation is 1. The molecule has 47 heavy (non-hydrogen) atoms. The summed E-state index contributed by atoms with van der Waals surface area (Å²) in [6.45, 7) is 10.1. The molecule has 248 valence electrons. The number of carbonyl (C=O) groups excluding carboxylic acids is 1. The number of anilines is 1. The van der Waals surface area contributed by atoms with Gasteiger partial charge in [-0.25, -0.2) is 14.5 Å². The number of rotatable bonds is 10. The van der Waals surface area contributed by atoms with Crippen LogP contribution in [0.4, 0.5) is 23.7 Å². The molecule has 1 aliphatic rings. The molecular weight excluding hydrogens is 625 g/mol. The molecular formula is C35H39F3N6O2S. The minimum Gasteiger partial charge on any atom is -0.406 e. The third kappa shape index (κ3) is 8.94. The van der Waals surface area contributed by atoms with E-state index in [9.17, 15) is 18.0 Å². The molecule has 1 unspecified atom stereocenters. The van der Waals surface area contributed by atoms with Crippen LogP contribution >= 0.6 is 11.8 Å². The number of thioether (sulfide) groups is 1. The van der Waals surface area contributed by atoms with Gasteiger partial charge < -0.3 is 15.0 Å². The summed E-state index contributed by atoms with van der Waals surface area (Å²) in [6.07, 6.45) is -0.491. The van der Waals surface area contributed by atoms with Gasteiger partial charge in [0.1, 0.15) is 12.1 Å². The van der Waals surface area contributed by atoms with E-state index in [2.05, 4.69) is 75.9 Å². The summed E-state index contributed by atoms with van der Waals surface area (Å²) < 4.78 is 42.7. The predicted octanol–water partition coefficient (Wildman–Crippen LogP) is 8.86. The Bertz CT molecular complexity index is 1690. The van der Waals surface area contributed by atoms with E-state index >= 15 is 0 Å². The van der Waals surface area contributed by atoms with E-state index < -0.39 is 6.36 Å². The van der Waals surface area contributed by atoms with Gasteiger partial charge in [-0.15, -0.1) is 18.3 Å². The van der Waals surface area contributed by atoms with Crippen molar-refractivity contribution in [1.82, 2.24) is 20.1 Å². The van der Waals surface area contributed by atoms with Gasteiger partial charge in [0.15, 0.2) is 11.0 Å². The van der Waals surface area contributed by atoms with Crippen molar-refractivity contribution in [3.8, 4) is 22.8 Å². The second-order valence-corrected chi connectivity index (χ2v) is 12.9. The first-order valence-corrected chi connectivity index (χ1v) is 16.7. The number of ether oxygens (including phenoxy) is 1. The van der Waals surface area contributed by atoms with Gasteiger partial charge in [0.2, 0.25) is 0 Å². The summed E-state index contributed by atoms with van der Waals surface area (Å²) >= 11 is 1.63. The molecule has 0 saturated carbocycles. The summed E-state index contributed by atoms with van der Waals surface area (Å²) in [5, 5.41) is 8.20. The number of halogens is 3. The van der Waals surface area contributed by atoms with E-state index in [-0.39, 0.29) is 17.7 Å². The van der Waals surface area contributed by atoms with E-state index in [1.54, 1.807) is 11.8 Å². The third-order valence-corrected chi connectivity index (χ3v) is 9.07. The summed E-state index contributed by atoms with van der Waals surface area (Å²) in [6, 6.07) is 19.4. The highest BCUT2D eigenvalue weighted by Crippen LogP contribution is 2.34. The van der Waals surface area contributed by atoms with Crippen molar-refractivity contribution in [2.45, 2.75) is 65.2 Å². The fourth-order valence-electron chi connectivity index (χ4n) is 5.71. The molecule has 2 heterocycles. The van der Waals surface area contributed by atoms with Crippen LogP contribution in [0, 0.1) is 6.92 Å². The Kier molecular flexibility index (Phi) is 10.9. The highest BCUT2D eigenvalue weighted by Gasteiger charge is 2.31. The largest absolute Gasteiger partial charge is 0.573 e. The topological polar surface area (TPSA) is 84.6 Å². The third-order valence-electron chi connectivity index (χ3n) is 8.01. The second kappa shape index (κ2) is 15.1. The lowest BCUT2D eigenvalue weighted by molar-refractivity contribution is -0.274. The van der Waals surface area contributed by atoms with Crippen molar-refractivity contribution >= 4 is 28.6 Å². The Balaban J connectivity index is 1.12. The first-order valence-electron chi connectivity index (χ1n) is 15.7. The van der Waals surface area contributed by atoms with Gasteiger partial charge in [-0.1, -0.05) is 68.9 Å². The molecule has 0 spiro atoms. The summed E-state index contributed by atoms with van der Waals surface area (Å²) in [7, 11) is 0. The number of amidine groups is 1. The Morgan fingerprint density at radius 2 is 1.81 bits per heavy atom. The first kappa shape index (κ1) is 34.0. The minimum atomic E-state index is -4.74. The number of carbonyl (C=O) groups is 1. The monoisotopic (exact) mass is 664 g/mol. The molecule has 5 rings (SSSR count). The van der Waals surface area contributed by atoms with Gasteiger partial charge in [-0.2, -0.15) is 4.99 Å². The van der Waals surface area contributed by atoms with E-state index in [1.807, 2.05) is 24.3 Å². The Labute approximate surface area is 277 Å². The summed E-state index contributed by atoms with van der Waals surface area (Å²) in [4.78, 5) is 23.8. The smallest absolute Gasteiger partial charge is 0.406 e. The van der Waals surface area contributed by atoms with Gasteiger partial charge in [0.05, 0.1) is 5.69 Å². The Morgan fingerprint density at radius 1 is 1.06 bits per heavy atom. The lowest BCUT2D eigenvalue weighted by atomic mass is 9.95. The first-order chi connectivity index (χ1) is 22.5. The normalized spacial score (nSPS) is 15.2. The molecule has 1 N–H and O–H groups in total. The van der Waals surface area contributed by atoms with Crippen LogP contribution in [-0.4, -0.2) is 51.2 Å². The zero-order valence-corrected chi connectivity index (χ0v) is 27.7.